The molecule has 2 atom stereocenters. The van der Waals surface area contributed by atoms with E-state index in [-0.39, 0.29) is 11.5 Å². The number of aryl methyl sites for hydroxylation is 1. The summed E-state index contributed by atoms with van der Waals surface area (Å²) in [6.07, 6.45) is 0. The molecule has 0 spiro atoms. The first kappa shape index (κ1) is 10.0. The zero-order valence-corrected chi connectivity index (χ0v) is 9.60. The van der Waals surface area contributed by atoms with Gasteiger partial charge in [-0.15, -0.1) is 0 Å². The normalized spacial score (nSPS) is 28.9. The van der Waals surface area contributed by atoms with E-state index in [4.69, 9.17) is 17.3 Å². The molecule has 0 bridgehead atoms. The highest BCUT2D eigenvalue weighted by Crippen LogP contribution is 2.58. The quantitative estimate of drug-likeness (QED) is 0.756. The summed E-state index contributed by atoms with van der Waals surface area (Å²) < 4.78 is 0. The van der Waals surface area contributed by atoms with E-state index in [1.54, 1.807) is 0 Å². The fraction of sp³-hybridized carbons (Fsp3) is 0.500. The van der Waals surface area contributed by atoms with Crippen molar-refractivity contribution in [3.8, 4) is 0 Å². The Balaban J connectivity index is 2.39. The van der Waals surface area contributed by atoms with E-state index in [2.05, 4.69) is 26.8 Å². The molecule has 1 aromatic carbocycles. The molecule has 0 aliphatic heterocycles. The summed E-state index contributed by atoms with van der Waals surface area (Å²) >= 11 is 6.17. The van der Waals surface area contributed by atoms with Gasteiger partial charge in [-0.05, 0) is 24.0 Å². The molecule has 76 valence electrons. The molecule has 14 heavy (non-hydrogen) atoms. The van der Waals surface area contributed by atoms with Crippen molar-refractivity contribution in [2.45, 2.75) is 32.7 Å². The van der Waals surface area contributed by atoms with E-state index >= 15 is 0 Å². The minimum absolute atomic E-state index is 0.206. The number of halogens is 1. The van der Waals surface area contributed by atoms with E-state index in [0.29, 0.717) is 5.92 Å². The molecular weight excluding hydrogens is 194 g/mol. The number of hydrogen-bond acceptors (Lipinski definition) is 1. The van der Waals surface area contributed by atoms with Gasteiger partial charge in [-0.2, -0.15) is 0 Å². The highest BCUT2D eigenvalue weighted by Gasteiger charge is 2.56. The summed E-state index contributed by atoms with van der Waals surface area (Å²) in [5, 5.41) is 0.849. The summed E-state index contributed by atoms with van der Waals surface area (Å²) in [6.45, 7) is 6.47. The van der Waals surface area contributed by atoms with Crippen LogP contribution < -0.4 is 5.73 Å². The van der Waals surface area contributed by atoms with Gasteiger partial charge >= 0.3 is 0 Å². The van der Waals surface area contributed by atoms with Gasteiger partial charge in [0, 0.05) is 17.0 Å². The number of nitrogens with two attached hydrogens (primary N) is 1. The molecular formula is C12H16ClN. The van der Waals surface area contributed by atoms with Crippen molar-refractivity contribution in [3.05, 3.63) is 34.3 Å². The second-order valence-electron chi connectivity index (χ2n) is 4.85. The lowest BCUT2D eigenvalue weighted by atomic mass is 10.0. The molecule has 0 aromatic heterocycles. The van der Waals surface area contributed by atoms with Gasteiger partial charge in [0.05, 0.1) is 0 Å². The van der Waals surface area contributed by atoms with Crippen LogP contribution in [0.3, 0.4) is 0 Å². The molecule has 2 heteroatoms. The van der Waals surface area contributed by atoms with E-state index < -0.39 is 0 Å². The van der Waals surface area contributed by atoms with Gasteiger partial charge < -0.3 is 5.73 Å². The average Bonchev–Trinajstić information content (AvgIpc) is 2.58. The molecule has 0 heterocycles. The van der Waals surface area contributed by atoms with Gasteiger partial charge in [0.15, 0.2) is 0 Å². The topological polar surface area (TPSA) is 26.0 Å². The maximum atomic E-state index is 6.17. The van der Waals surface area contributed by atoms with Crippen molar-refractivity contribution in [2.24, 2.45) is 11.1 Å². The van der Waals surface area contributed by atoms with Crippen LogP contribution in [0.25, 0.3) is 0 Å². The molecule has 2 N–H and O–H groups in total. The smallest absolute Gasteiger partial charge is 0.0441 e. The summed E-state index contributed by atoms with van der Waals surface area (Å²) in [4.78, 5) is 0. The van der Waals surface area contributed by atoms with Gasteiger partial charge in [-0.25, -0.2) is 0 Å². The maximum Gasteiger partial charge on any atom is 0.0441 e. The van der Waals surface area contributed by atoms with E-state index in [1.807, 2.05) is 12.1 Å². The summed E-state index contributed by atoms with van der Waals surface area (Å²) in [5.41, 5.74) is 8.70. The highest BCUT2D eigenvalue weighted by molar-refractivity contribution is 6.31. The summed E-state index contributed by atoms with van der Waals surface area (Å²) in [7, 11) is 0. The minimum atomic E-state index is 0.206. The Morgan fingerprint density at radius 2 is 1.93 bits per heavy atom. The van der Waals surface area contributed by atoms with E-state index in [9.17, 15) is 0 Å². The Bertz CT molecular complexity index is 371. The van der Waals surface area contributed by atoms with Crippen molar-refractivity contribution >= 4 is 11.6 Å². The fourth-order valence-corrected chi connectivity index (χ4v) is 2.41. The Morgan fingerprint density at radius 3 is 2.43 bits per heavy atom. The first-order valence-electron chi connectivity index (χ1n) is 4.96. The van der Waals surface area contributed by atoms with Crippen LogP contribution in [0.15, 0.2) is 18.2 Å². The molecule has 0 saturated heterocycles. The molecule has 0 amide bonds. The third kappa shape index (κ3) is 1.35. The molecule has 1 aromatic rings. The van der Waals surface area contributed by atoms with Crippen molar-refractivity contribution in [1.82, 2.24) is 0 Å². The van der Waals surface area contributed by atoms with Gasteiger partial charge in [0.25, 0.3) is 0 Å². The van der Waals surface area contributed by atoms with Gasteiger partial charge in [0.2, 0.25) is 0 Å². The van der Waals surface area contributed by atoms with Gasteiger partial charge in [-0.1, -0.05) is 43.1 Å². The number of rotatable bonds is 1. The third-order valence-corrected chi connectivity index (χ3v) is 3.74. The second kappa shape index (κ2) is 2.98. The molecule has 1 nitrogen and oxygen atoms in total. The SMILES string of the molecule is Cc1ccc(Cl)c(C2C(N)C2(C)C)c1. The fourth-order valence-electron chi connectivity index (χ4n) is 2.17. The Hall–Kier alpha value is -0.530. The van der Waals surface area contributed by atoms with Crippen LogP contribution in [0, 0.1) is 12.3 Å². The zero-order valence-electron chi connectivity index (χ0n) is 8.84. The summed E-state index contributed by atoms with van der Waals surface area (Å²) in [6, 6.07) is 6.41. The zero-order chi connectivity index (χ0) is 10.5. The van der Waals surface area contributed by atoms with Gasteiger partial charge in [-0.3, -0.25) is 0 Å². The van der Waals surface area contributed by atoms with Gasteiger partial charge in [0.1, 0.15) is 0 Å². The minimum Gasteiger partial charge on any atom is -0.327 e. The maximum absolute atomic E-state index is 6.17. The Morgan fingerprint density at radius 1 is 1.36 bits per heavy atom. The largest absolute Gasteiger partial charge is 0.327 e. The van der Waals surface area contributed by atoms with E-state index in [1.165, 1.54) is 11.1 Å². The number of hydrogen-bond donors (Lipinski definition) is 1. The van der Waals surface area contributed by atoms with Crippen LogP contribution in [-0.2, 0) is 0 Å². The van der Waals surface area contributed by atoms with Crippen LogP contribution in [0.5, 0.6) is 0 Å². The predicted molar refractivity (Wildman–Crippen MR) is 60.7 cm³/mol. The number of benzene rings is 1. The molecule has 1 fully saturated rings. The molecule has 2 rings (SSSR count). The van der Waals surface area contributed by atoms with Crippen LogP contribution in [0.1, 0.15) is 30.9 Å². The molecule has 1 aliphatic carbocycles. The van der Waals surface area contributed by atoms with E-state index in [0.717, 1.165) is 5.02 Å². The summed E-state index contributed by atoms with van der Waals surface area (Å²) in [5.74, 6) is 0.426. The van der Waals surface area contributed by atoms with Crippen LogP contribution >= 0.6 is 11.6 Å². The van der Waals surface area contributed by atoms with Crippen molar-refractivity contribution in [1.29, 1.82) is 0 Å². The molecule has 0 radical (unpaired) electrons. The van der Waals surface area contributed by atoms with Crippen LogP contribution in [-0.4, -0.2) is 6.04 Å². The Kier molecular flexibility index (Phi) is 2.13. The monoisotopic (exact) mass is 209 g/mol. The predicted octanol–water partition coefficient (Wildman–Crippen LogP) is 3.10. The Labute approximate surface area is 90.3 Å². The lowest BCUT2D eigenvalue weighted by Gasteiger charge is -2.06. The standard InChI is InChI=1S/C12H16ClN/c1-7-4-5-9(13)8(6-7)10-11(14)12(10,2)3/h4-6,10-11H,14H2,1-3H3. The van der Waals surface area contributed by atoms with Crippen LogP contribution in [0.2, 0.25) is 5.02 Å². The second-order valence-corrected chi connectivity index (χ2v) is 5.26. The van der Waals surface area contributed by atoms with Crippen molar-refractivity contribution in [3.63, 3.8) is 0 Å². The first-order chi connectivity index (χ1) is 6.44. The molecule has 1 aliphatic rings. The third-order valence-electron chi connectivity index (χ3n) is 3.40. The highest BCUT2D eigenvalue weighted by atomic mass is 35.5. The molecule has 2 unspecified atom stereocenters. The lowest BCUT2D eigenvalue weighted by molar-refractivity contribution is 0.599. The van der Waals surface area contributed by atoms with Crippen molar-refractivity contribution in [2.75, 3.05) is 0 Å². The first-order valence-corrected chi connectivity index (χ1v) is 5.34. The average molecular weight is 210 g/mol. The van der Waals surface area contributed by atoms with Crippen molar-refractivity contribution < 1.29 is 0 Å². The molecule has 1 saturated carbocycles. The lowest BCUT2D eigenvalue weighted by Crippen LogP contribution is -2.06. The van der Waals surface area contributed by atoms with Crippen LogP contribution in [0.4, 0.5) is 0 Å².